The third kappa shape index (κ3) is 10.7. The van der Waals surface area contributed by atoms with Gasteiger partial charge in [-0.25, -0.2) is 4.79 Å². The molecule has 1 saturated carbocycles. The number of unbranched alkanes of at least 4 members (excludes halogenated alkanes) is 2. The van der Waals surface area contributed by atoms with Gasteiger partial charge in [0.15, 0.2) is 0 Å². The van der Waals surface area contributed by atoms with E-state index in [9.17, 15) is 30.2 Å². The highest BCUT2D eigenvalue weighted by Gasteiger charge is 2.65. The maximum absolute atomic E-state index is 14.7. The molecule has 0 unspecified atom stereocenters. The molecule has 0 bridgehead atoms. The van der Waals surface area contributed by atoms with Gasteiger partial charge in [-0.3, -0.25) is 15.0 Å². The second-order valence-corrected chi connectivity index (χ2v) is 16.4. The number of nitro benzene ring substituents is 1. The molecule has 3 N–H and O–H groups in total. The fourth-order valence-electron chi connectivity index (χ4n) is 9.72. The van der Waals surface area contributed by atoms with Gasteiger partial charge in [-0.15, -0.1) is 6.58 Å². The standard InChI is InChI=1S/C50H59N3O12/c1-3-27-61-50-46(52(23-28-60-29-26-56)49(57)64-38-19-16-37(17-20-38)53(58)59)33-44(51-62-4-2)42-31-36(13-7-9-24-54)41(14-8-10-25-55)47(48(42)50)43-32-40(21-22-45(43)65-50)63-39-18-15-34-11-5-6-12-35(34)30-39/h3,5-6,11-12,15-22,30-32,36,41,46-48,54-56H,1,4,7-10,13-14,23-29,33H2,2H3/t36-,41+,46-,47+,48+,50+/m0/s1. The predicted molar refractivity (Wildman–Crippen MR) is 244 cm³/mol. The monoisotopic (exact) mass is 893 g/mol. The van der Waals surface area contributed by atoms with E-state index in [1.807, 2.05) is 61.5 Å². The molecule has 15 heteroatoms. The van der Waals surface area contributed by atoms with Crippen LogP contribution in [-0.4, -0.2) is 102 Å². The largest absolute Gasteiger partial charge is 0.459 e. The van der Waals surface area contributed by atoms with Crippen LogP contribution in [0.1, 0.15) is 63.4 Å². The van der Waals surface area contributed by atoms with Crippen molar-refractivity contribution in [1.82, 2.24) is 4.90 Å². The van der Waals surface area contributed by atoms with Gasteiger partial charge in [0.1, 0.15) is 35.6 Å². The molecule has 0 radical (unpaired) electrons. The van der Waals surface area contributed by atoms with E-state index >= 15 is 0 Å². The molecule has 0 aromatic heterocycles. The lowest BCUT2D eigenvalue weighted by molar-refractivity contribution is -0.384. The summed E-state index contributed by atoms with van der Waals surface area (Å²) < 4.78 is 32.7. The average Bonchev–Trinajstić information content (AvgIpc) is 3.31. The Morgan fingerprint density at radius 1 is 0.923 bits per heavy atom. The van der Waals surface area contributed by atoms with Crippen molar-refractivity contribution in [3.8, 4) is 23.0 Å². The van der Waals surface area contributed by atoms with Gasteiger partial charge in [0.05, 0.1) is 43.0 Å². The summed E-state index contributed by atoms with van der Waals surface area (Å²) in [5.41, 5.74) is 2.19. The molecule has 6 atom stereocenters. The summed E-state index contributed by atoms with van der Waals surface area (Å²) >= 11 is 0. The maximum atomic E-state index is 14.7. The predicted octanol–water partition coefficient (Wildman–Crippen LogP) is 8.70. The first-order valence-corrected chi connectivity index (χ1v) is 22.5. The summed E-state index contributed by atoms with van der Waals surface area (Å²) in [4.78, 5) is 33.0. The van der Waals surface area contributed by atoms with E-state index < -0.39 is 28.8 Å². The third-order valence-corrected chi connectivity index (χ3v) is 12.5. The number of aliphatic hydroxyl groups is 3. The number of rotatable bonds is 23. The van der Waals surface area contributed by atoms with Crippen molar-refractivity contribution < 1.29 is 53.6 Å². The van der Waals surface area contributed by atoms with E-state index in [1.54, 1.807) is 6.08 Å². The number of nitrogens with zero attached hydrogens (tertiary/aromatic N) is 3. The molecule has 1 heterocycles. The number of carbonyl (C=O) groups is 1. The van der Waals surface area contributed by atoms with Crippen LogP contribution in [0.2, 0.25) is 0 Å². The highest BCUT2D eigenvalue weighted by molar-refractivity contribution is 6.03. The Hall–Kier alpha value is -5.84. The van der Waals surface area contributed by atoms with E-state index in [2.05, 4.69) is 18.7 Å². The first-order valence-electron chi connectivity index (χ1n) is 22.5. The second kappa shape index (κ2) is 22.4. The number of hydrogen-bond acceptors (Lipinski definition) is 13. The number of hydrogen-bond donors (Lipinski definition) is 3. The number of ether oxygens (including phenoxy) is 5. The smallest absolute Gasteiger partial charge is 0.415 e. The molecule has 1 amide bonds. The van der Waals surface area contributed by atoms with Gasteiger partial charge in [-0.1, -0.05) is 60.5 Å². The van der Waals surface area contributed by atoms with Crippen molar-refractivity contribution in [2.45, 2.75) is 69.6 Å². The maximum Gasteiger partial charge on any atom is 0.415 e. The Labute approximate surface area is 379 Å². The van der Waals surface area contributed by atoms with Crippen LogP contribution in [0.5, 0.6) is 23.0 Å². The number of fused-ring (bicyclic) bond motifs is 3. The summed E-state index contributed by atoms with van der Waals surface area (Å²) in [5, 5.41) is 47.8. The SMILES string of the molecule is C=CCO[C@@]12Oc3ccc(Oc4ccc5ccccc5c4)cc3[C@H]3[C@H](CCCCO)[C@@H](CCCCO)C=C(C(=NOCC)C[C@@H]1N(CCOCCO)C(=O)Oc1ccc([N+](=O)[O-])cc1)[C@H]32. The molecule has 2 aliphatic carbocycles. The van der Waals surface area contributed by atoms with Crippen molar-refractivity contribution >= 4 is 28.3 Å². The molecule has 0 saturated heterocycles. The summed E-state index contributed by atoms with van der Waals surface area (Å²) in [6.45, 7) is 6.09. The molecule has 15 nitrogen and oxygen atoms in total. The zero-order valence-electron chi connectivity index (χ0n) is 36.8. The Balaban J connectivity index is 1.41. The summed E-state index contributed by atoms with van der Waals surface area (Å²) in [6, 6.07) is 24.1. The molecule has 1 fully saturated rings. The van der Waals surface area contributed by atoms with Crippen LogP contribution in [0.25, 0.3) is 10.8 Å². The minimum Gasteiger partial charge on any atom is -0.459 e. The normalized spacial score (nSPS) is 22.6. The number of oxime groups is 1. The molecule has 346 valence electrons. The summed E-state index contributed by atoms with van der Waals surface area (Å²) in [6.07, 6.45) is 7.51. The Morgan fingerprint density at radius 2 is 1.65 bits per heavy atom. The lowest BCUT2D eigenvalue weighted by Crippen LogP contribution is -2.70. The van der Waals surface area contributed by atoms with Gasteiger partial charge in [-0.2, -0.15) is 0 Å². The van der Waals surface area contributed by atoms with Crippen molar-refractivity contribution in [3.05, 3.63) is 125 Å². The molecule has 0 spiro atoms. The van der Waals surface area contributed by atoms with Crippen LogP contribution in [0, 0.1) is 27.9 Å². The number of aliphatic hydroxyl groups excluding tert-OH is 3. The van der Waals surface area contributed by atoms with Gasteiger partial charge < -0.3 is 43.8 Å². The van der Waals surface area contributed by atoms with Crippen LogP contribution in [0.3, 0.4) is 0 Å². The van der Waals surface area contributed by atoms with Crippen molar-refractivity contribution in [1.29, 1.82) is 0 Å². The van der Waals surface area contributed by atoms with Crippen molar-refractivity contribution in [2.24, 2.45) is 22.9 Å². The van der Waals surface area contributed by atoms with E-state index in [4.69, 9.17) is 33.7 Å². The number of amides is 1. The van der Waals surface area contributed by atoms with Crippen molar-refractivity contribution in [2.75, 3.05) is 52.8 Å². The van der Waals surface area contributed by atoms with E-state index in [0.29, 0.717) is 35.8 Å². The van der Waals surface area contributed by atoms with Crippen LogP contribution < -0.4 is 14.2 Å². The zero-order valence-corrected chi connectivity index (χ0v) is 36.8. The van der Waals surface area contributed by atoms with Crippen molar-refractivity contribution in [3.63, 3.8) is 0 Å². The molecule has 65 heavy (non-hydrogen) atoms. The molecule has 4 aromatic rings. The van der Waals surface area contributed by atoms with Gasteiger partial charge in [0.25, 0.3) is 5.69 Å². The van der Waals surface area contributed by atoms with Gasteiger partial charge in [0.2, 0.25) is 5.79 Å². The molecule has 4 aromatic carbocycles. The van der Waals surface area contributed by atoms with E-state index in [-0.39, 0.29) is 88.4 Å². The number of non-ortho nitro benzene ring substituents is 1. The Bertz CT molecular complexity index is 2320. The summed E-state index contributed by atoms with van der Waals surface area (Å²) in [5.74, 6) is -0.596. The fraction of sp³-hybridized carbons (Fsp3) is 0.440. The molecular weight excluding hydrogens is 835 g/mol. The lowest BCUT2D eigenvalue weighted by Gasteiger charge is -2.59. The first-order chi connectivity index (χ1) is 31.7. The van der Waals surface area contributed by atoms with Crippen LogP contribution in [0.15, 0.2) is 114 Å². The minimum atomic E-state index is -1.58. The fourth-order valence-corrected chi connectivity index (χ4v) is 9.72. The molecular formula is C50H59N3O12. The number of allylic oxidation sites excluding steroid dienone is 1. The van der Waals surface area contributed by atoms with Gasteiger partial charge >= 0.3 is 6.09 Å². The quantitative estimate of drug-likeness (QED) is 0.0278. The zero-order chi connectivity index (χ0) is 45.8. The topological polar surface area (TPSA) is 192 Å². The summed E-state index contributed by atoms with van der Waals surface area (Å²) in [7, 11) is 0. The van der Waals surface area contributed by atoms with Crippen LogP contribution in [0.4, 0.5) is 10.5 Å². The highest BCUT2D eigenvalue weighted by atomic mass is 16.7. The average molecular weight is 894 g/mol. The van der Waals surface area contributed by atoms with Crippen LogP contribution in [-0.2, 0) is 14.3 Å². The lowest BCUT2D eigenvalue weighted by atomic mass is 9.55. The molecule has 1 aliphatic heterocycles. The highest BCUT2D eigenvalue weighted by Crippen LogP contribution is 2.62. The third-order valence-electron chi connectivity index (χ3n) is 12.5. The molecule has 7 rings (SSSR count). The van der Waals surface area contributed by atoms with Crippen LogP contribution >= 0.6 is 0 Å². The number of benzene rings is 4. The second-order valence-electron chi connectivity index (χ2n) is 16.4. The number of nitro groups is 1. The number of carbonyl (C=O) groups excluding carboxylic acids is 1. The minimum absolute atomic E-state index is 0.0153. The van der Waals surface area contributed by atoms with E-state index in [1.165, 1.54) is 29.2 Å². The molecule has 3 aliphatic rings. The Kier molecular flexibility index (Phi) is 16.2. The Morgan fingerprint density at radius 3 is 2.37 bits per heavy atom. The van der Waals surface area contributed by atoms with E-state index in [0.717, 1.165) is 47.6 Å². The van der Waals surface area contributed by atoms with Gasteiger partial charge in [-0.05, 0) is 103 Å². The van der Waals surface area contributed by atoms with Gasteiger partial charge in [0, 0.05) is 49.8 Å². The first kappa shape index (κ1) is 47.1.